The molecule has 2 heterocycles. The Morgan fingerprint density at radius 1 is 1.39 bits per heavy atom. The number of rotatable bonds is 3. The Balaban J connectivity index is 3.03. The summed E-state index contributed by atoms with van der Waals surface area (Å²) in [6.07, 6.45) is 0.483. The molecular formula is C11H12N2O5. The van der Waals surface area contributed by atoms with Crippen LogP contribution < -0.4 is 16.9 Å². The van der Waals surface area contributed by atoms with Gasteiger partial charge in [-0.25, -0.2) is 14.2 Å². The molecule has 0 spiro atoms. The van der Waals surface area contributed by atoms with E-state index in [9.17, 15) is 14.4 Å². The summed E-state index contributed by atoms with van der Waals surface area (Å²) >= 11 is 0. The molecule has 0 fully saturated rings. The average Bonchev–Trinajstić information content (AvgIpc) is 2.32. The van der Waals surface area contributed by atoms with E-state index in [0.29, 0.717) is 12.0 Å². The number of aromatic amines is 1. The first-order chi connectivity index (χ1) is 8.58. The average molecular weight is 252 g/mol. The molecule has 0 aliphatic carbocycles. The SMILES string of the molecule is CCc1cc(=O)oc2c1c(=O)[nH]c(=O)n2COC. The zero-order chi connectivity index (χ0) is 13.3. The fourth-order valence-electron chi connectivity index (χ4n) is 1.81. The van der Waals surface area contributed by atoms with E-state index in [4.69, 9.17) is 9.15 Å². The standard InChI is InChI=1S/C11H12N2O5/c1-3-6-4-7(14)18-10-8(6)9(15)12-11(16)13(10)5-17-2/h4H,3,5H2,1-2H3,(H,12,15,16). The smallest absolute Gasteiger partial charge is 0.337 e. The molecule has 0 bridgehead atoms. The lowest BCUT2D eigenvalue weighted by molar-refractivity contribution is 0.127. The molecule has 0 unspecified atom stereocenters. The lowest BCUT2D eigenvalue weighted by atomic mass is 10.1. The van der Waals surface area contributed by atoms with Gasteiger partial charge in [0, 0.05) is 13.2 Å². The number of nitrogens with zero attached hydrogens (tertiary/aromatic N) is 1. The monoisotopic (exact) mass is 252 g/mol. The Morgan fingerprint density at radius 3 is 2.72 bits per heavy atom. The van der Waals surface area contributed by atoms with Gasteiger partial charge in [0.25, 0.3) is 5.56 Å². The van der Waals surface area contributed by atoms with Gasteiger partial charge in [-0.2, -0.15) is 0 Å². The van der Waals surface area contributed by atoms with Crippen molar-refractivity contribution in [3.8, 4) is 0 Å². The molecule has 2 aromatic rings. The number of H-pyrrole nitrogens is 1. The van der Waals surface area contributed by atoms with Crippen LogP contribution in [-0.2, 0) is 17.9 Å². The van der Waals surface area contributed by atoms with Crippen molar-refractivity contribution < 1.29 is 9.15 Å². The first kappa shape index (κ1) is 12.3. The van der Waals surface area contributed by atoms with Gasteiger partial charge < -0.3 is 9.15 Å². The molecule has 7 heteroatoms. The van der Waals surface area contributed by atoms with E-state index >= 15 is 0 Å². The van der Waals surface area contributed by atoms with Crippen molar-refractivity contribution in [1.82, 2.24) is 9.55 Å². The quantitative estimate of drug-likeness (QED) is 0.817. The summed E-state index contributed by atoms with van der Waals surface area (Å²) in [7, 11) is 1.39. The summed E-state index contributed by atoms with van der Waals surface area (Å²) in [5.74, 6) is 0. The summed E-state index contributed by atoms with van der Waals surface area (Å²) < 4.78 is 10.9. The van der Waals surface area contributed by atoms with Gasteiger partial charge in [0.2, 0.25) is 5.71 Å². The Bertz CT molecular complexity index is 753. The van der Waals surface area contributed by atoms with Crippen molar-refractivity contribution >= 4 is 11.1 Å². The number of hydrogen-bond acceptors (Lipinski definition) is 5. The Labute approximate surface area is 101 Å². The molecule has 2 rings (SSSR count). The van der Waals surface area contributed by atoms with Gasteiger partial charge in [0.15, 0.2) is 0 Å². The lowest BCUT2D eigenvalue weighted by Crippen LogP contribution is -2.32. The van der Waals surface area contributed by atoms with Crippen LogP contribution in [0, 0.1) is 0 Å². The minimum atomic E-state index is -0.675. The first-order valence-electron chi connectivity index (χ1n) is 5.37. The van der Waals surface area contributed by atoms with E-state index in [2.05, 4.69) is 4.98 Å². The van der Waals surface area contributed by atoms with Crippen LogP contribution in [0.3, 0.4) is 0 Å². The van der Waals surface area contributed by atoms with E-state index in [-0.39, 0.29) is 17.8 Å². The van der Waals surface area contributed by atoms with Crippen molar-refractivity contribution in [3.63, 3.8) is 0 Å². The topological polar surface area (TPSA) is 94.3 Å². The highest BCUT2D eigenvalue weighted by atomic mass is 16.5. The summed E-state index contributed by atoms with van der Waals surface area (Å²) in [5, 5.41) is 0.203. The van der Waals surface area contributed by atoms with Crippen LogP contribution >= 0.6 is 0 Å². The summed E-state index contributed by atoms with van der Waals surface area (Å²) in [4.78, 5) is 37.0. The third-order valence-corrected chi connectivity index (χ3v) is 2.60. The molecule has 0 aromatic carbocycles. The number of aromatic nitrogens is 2. The summed E-state index contributed by atoms with van der Waals surface area (Å²) in [6, 6.07) is 1.25. The third-order valence-electron chi connectivity index (χ3n) is 2.60. The predicted octanol–water partition coefficient (Wildman–Crippen LogP) is -0.191. The van der Waals surface area contributed by atoms with Crippen molar-refractivity contribution in [2.24, 2.45) is 0 Å². The number of nitrogens with one attached hydrogen (secondary N) is 1. The number of fused-ring (bicyclic) bond motifs is 1. The van der Waals surface area contributed by atoms with Crippen LogP contribution in [0.5, 0.6) is 0 Å². The maximum atomic E-state index is 11.8. The van der Waals surface area contributed by atoms with Crippen LogP contribution in [0.2, 0.25) is 0 Å². The number of methoxy groups -OCH3 is 1. The molecule has 0 amide bonds. The van der Waals surface area contributed by atoms with E-state index < -0.39 is 16.9 Å². The Morgan fingerprint density at radius 2 is 2.11 bits per heavy atom. The minimum Gasteiger partial charge on any atom is -0.405 e. The summed E-state index contributed by atoms with van der Waals surface area (Å²) in [5.41, 5.74) is -1.37. The molecule has 7 nitrogen and oxygen atoms in total. The number of ether oxygens (including phenoxy) is 1. The van der Waals surface area contributed by atoms with Gasteiger partial charge in [-0.3, -0.25) is 9.78 Å². The lowest BCUT2D eigenvalue weighted by Gasteiger charge is -2.08. The van der Waals surface area contributed by atoms with Crippen molar-refractivity contribution in [2.45, 2.75) is 20.1 Å². The Kier molecular flexibility index (Phi) is 3.15. The molecular weight excluding hydrogens is 240 g/mol. The van der Waals surface area contributed by atoms with E-state index in [0.717, 1.165) is 4.57 Å². The number of aryl methyl sites for hydroxylation is 1. The third kappa shape index (κ3) is 1.88. The molecule has 1 N–H and O–H groups in total. The summed E-state index contributed by atoms with van der Waals surface area (Å²) in [6.45, 7) is 1.70. The highest BCUT2D eigenvalue weighted by molar-refractivity contribution is 5.75. The highest BCUT2D eigenvalue weighted by Crippen LogP contribution is 2.11. The molecule has 0 saturated carbocycles. The molecule has 0 aliphatic heterocycles. The molecule has 0 atom stereocenters. The van der Waals surface area contributed by atoms with Gasteiger partial charge in [-0.05, 0) is 12.0 Å². The molecule has 96 valence electrons. The van der Waals surface area contributed by atoms with Crippen molar-refractivity contribution in [3.05, 3.63) is 42.9 Å². The van der Waals surface area contributed by atoms with Gasteiger partial charge in [-0.15, -0.1) is 0 Å². The molecule has 0 aliphatic rings. The maximum absolute atomic E-state index is 11.8. The van der Waals surface area contributed by atoms with E-state index in [1.807, 2.05) is 0 Å². The molecule has 0 radical (unpaired) electrons. The van der Waals surface area contributed by atoms with Crippen LogP contribution in [0.15, 0.2) is 24.9 Å². The minimum absolute atomic E-state index is 0.0602. The second-order valence-electron chi connectivity index (χ2n) is 3.73. The van der Waals surface area contributed by atoms with E-state index in [1.54, 1.807) is 6.92 Å². The largest absolute Gasteiger partial charge is 0.405 e. The normalized spacial score (nSPS) is 11.0. The van der Waals surface area contributed by atoms with Gasteiger partial charge in [-0.1, -0.05) is 6.92 Å². The van der Waals surface area contributed by atoms with Gasteiger partial charge >= 0.3 is 11.3 Å². The molecule has 0 saturated heterocycles. The van der Waals surface area contributed by atoms with Gasteiger partial charge in [0.1, 0.15) is 12.1 Å². The number of hydrogen-bond donors (Lipinski definition) is 1. The van der Waals surface area contributed by atoms with Crippen molar-refractivity contribution in [2.75, 3.05) is 7.11 Å². The second-order valence-corrected chi connectivity index (χ2v) is 3.73. The fourth-order valence-corrected chi connectivity index (χ4v) is 1.81. The first-order valence-corrected chi connectivity index (χ1v) is 5.37. The van der Waals surface area contributed by atoms with Gasteiger partial charge in [0.05, 0.1) is 0 Å². The van der Waals surface area contributed by atoms with E-state index in [1.165, 1.54) is 13.2 Å². The maximum Gasteiger partial charge on any atom is 0.337 e. The Hall–Kier alpha value is -2.15. The van der Waals surface area contributed by atoms with Crippen LogP contribution in [-0.4, -0.2) is 16.7 Å². The predicted molar refractivity (Wildman–Crippen MR) is 63.8 cm³/mol. The zero-order valence-electron chi connectivity index (χ0n) is 9.98. The fraction of sp³-hybridized carbons (Fsp3) is 0.364. The molecule has 18 heavy (non-hydrogen) atoms. The molecule has 2 aromatic heterocycles. The van der Waals surface area contributed by atoms with Crippen LogP contribution in [0.1, 0.15) is 12.5 Å². The van der Waals surface area contributed by atoms with Crippen LogP contribution in [0.4, 0.5) is 0 Å². The van der Waals surface area contributed by atoms with Crippen LogP contribution in [0.25, 0.3) is 11.1 Å². The zero-order valence-corrected chi connectivity index (χ0v) is 9.98. The second kappa shape index (κ2) is 4.61. The van der Waals surface area contributed by atoms with Crippen molar-refractivity contribution in [1.29, 1.82) is 0 Å². The highest BCUT2D eigenvalue weighted by Gasteiger charge is 2.14.